The van der Waals surface area contributed by atoms with Gasteiger partial charge >= 0.3 is 0 Å². The number of hydrogen-bond donors (Lipinski definition) is 0. The highest BCUT2D eigenvalue weighted by molar-refractivity contribution is 7.13. The summed E-state index contributed by atoms with van der Waals surface area (Å²) in [5.41, 5.74) is 2.43. The van der Waals surface area contributed by atoms with Crippen LogP contribution < -0.4 is 0 Å². The number of fused-ring (bicyclic) bond motifs is 1. The predicted octanol–water partition coefficient (Wildman–Crippen LogP) is 6.05. The van der Waals surface area contributed by atoms with Crippen LogP contribution in [0.25, 0.3) is 32.3 Å². The molecule has 118 valence electrons. The Balaban J connectivity index is 1.96. The Morgan fingerprint density at radius 2 is 1.33 bits per heavy atom. The second-order valence-corrected chi connectivity index (χ2v) is 6.23. The Bertz CT molecular complexity index is 1040. The highest BCUT2D eigenvalue weighted by Gasteiger charge is 2.14. The largest absolute Gasteiger partial charge is 0.207 e. The molecule has 0 saturated heterocycles. The molecule has 0 bridgehead atoms. The molecule has 5 heteroatoms. The van der Waals surface area contributed by atoms with Gasteiger partial charge in [-0.1, -0.05) is 18.2 Å². The van der Waals surface area contributed by atoms with E-state index in [1.54, 1.807) is 18.3 Å². The molecule has 0 aliphatic heterocycles. The third-order valence-corrected chi connectivity index (χ3v) is 4.66. The number of benzene rings is 3. The summed E-state index contributed by atoms with van der Waals surface area (Å²) in [5, 5.41) is 0.937. The van der Waals surface area contributed by atoms with Crippen molar-refractivity contribution in [2.45, 2.75) is 0 Å². The summed E-state index contributed by atoms with van der Waals surface area (Å²) in [7, 11) is 0. The molecule has 0 amide bonds. The van der Waals surface area contributed by atoms with Gasteiger partial charge in [-0.2, -0.15) is 4.37 Å². The van der Waals surface area contributed by atoms with Gasteiger partial charge in [-0.25, -0.2) is 13.2 Å². The SMILES string of the molecule is Fc1ccc(-c2cc(F)c(F)cc2-c2ccc3sncc3c2)cc1. The second kappa shape index (κ2) is 5.76. The number of hydrogen-bond acceptors (Lipinski definition) is 2. The Morgan fingerprint density at radius 3 is 2.04 bits per heavy atom. The average Bonchev–Trinajstić information content (AvgIpc) is 3.05. The maximum atomic E-state index is 13.8. The quantitative estimate of drug-likeness (QED) is 0.433. The third kappa shape index (κ3) is 2.57. The minimum atomic E-state index is -0.934. The zero-order chi connectivity index (χ0) is 16.7. The first kappa shape index (κ1) is 14.9. The van der Waals surface area contributed by atoms with Gasteiger partial charge in [0.1, 0.15) is 5.82 Å². The maximum absolute atomic E-state index is 13.8. The van der Waals surface area contributed by atoms with Gasteiger partial charge in [0, 0.05) is 11.6 Å². The van der Waals surface area contributed by atoms with Crippen LogP contribution in [0.2, 0.25) is 0 Å². The zero-order valence-corrected chi connectivity index (χ0v) is 13.1. The van der Waals surface area contributed by atoms with E-state index in [4.69, 9.17) is 0 Å². The molecule has 0 aliphatic rings. The summed E-state index contributed by atoms with van der Waals surface area (Å²) >= 11 is 1.37. The van der Waals surface area contributed by atoms with Crippen LogP contribution in [0.1, 0.15) is 0 Å². The van der Waals surface area contributed by atoms with Gasteiger partial charge in [0.25, 0.3) is 0 Å². The normalized spacial score (nSPS) is 11.1. The van der Waals surface area contributed by atoms with Crippen LogP contribution in [-0.2, 0) is 0 Å². The highest BCUT2D eigenvalue weighted by atomic mass is 32.1. The van der Waals surface area contributed by atoms with E-state index in [2.05, 4.69) is 4.37 Å². The molecule has 1 nitrogen and oxygen atoms in total. The van der Waals surface area contributed by atoms with Crippen molar-refractivity contribution in [2.75, 3.05) is 0 Å². The summed E-state index contributed by atoms with van der Waals surface area (Å²) in [6.07, 6.45) is 1.74. The van der Waals surface area contributed by atoms with Crippen molar-refractivity contribution in [1.82, 2.24) is 4.37 Å². The molecule has 1 heterocycles. The predicted molar refractivity (Wildman–Crippen MR) is 90.4 cm³/mol. The Labute approximate surface area is 140 Å². The first-order chi connectivity index (χ1) is 11.6. The van der Waals surface area contributed by atoms with Crippen molar-refractivity contribution in [3.05, 3.63) is 78.2 Å². The van der Waals surface area contributed by atoms with Crippen molar-refractivity contribution in [2.24, 2.45) is 0 Å². The molecule has 4 rings (SSSR count). The Hall–Kier alpha value is -2.66. The first-order valence-corrected chi connectivity index (χ1v) is 7.99. The molecule has 0 radical (unpaired) electrons. The van der Waals surface area contributed by atoms with E-state index in [1.807, 2.05) is 18.2 Å². The average molecular weight is 341 g/mol. The molecule has 0 fully saturated rings. The van der Waals surface area contributed by atoms with E-state index in [0.717, 1.165) is 21.7 Å². The van der Waals surface area contributed by atoms with E-state index in [-0.39, 0.29) is 5.82 Å². The van der Waals surface area contributed by atoms with Crippen LogP contribution in [0, 0.1) is 17.5 Å². The highest BCUT2D eigenvalue weighted by Crippen LogP contribution is 2.35. The van der Waals surface area contributed by atoms with Crippen LogP contribution in [0.4, 0.5) is 13.2 Å². The van der Waals surface area contributed by atoms with Crippen LogP contribution in [-0.4, -0.2) is 4.37 Å². The van der Waals surface area contributed by atoms with Crippen LogP contribution >= 0.6 is 11.5 Å². The van der Waals surface area contributed by atoms with Crippen LogP contribution in [0.3, 0.4) is 0 Å². The lowest BCUT2D eigenvalue weighted by molar-refractivity contribution is 0.509. The minimum Gasteiger partial charge on any atom is -0.207 e. The van der Waals surface area contributed by atoms with E-state index in [1.165, 1.54) is 29.7 Å². The summed E-state index contributed by atoms with van der Waals surface area (Å²) in [6, 6.07) is 13.7. The summed E-state index contributed by atoms with van der Waals surface area (Å²) in [4.78, 5) is 0. The zero-order valence-electron chi connectivity index (χ0n) is 12.3. The maximum Gasteiger partial charge on any atom is 0.159 e. The topological polar surface area (TPSA) is 12.9 Å². The lowest BCUT2D eigenvalue weighted by Gasteiger charge is -2.11. The molecule has 0 unspecified atom stereocenters. The standard InChI is InChI=1S/C19H10F3NS/c20-14-4-1-11(2-5-14)15-8-17(21)18(22)9-16(15)12-3-6-19-13(7-12)10-23-24-19/h1-10H. The lowest BCUT2D eigenvalue weighted by atomic mass is 9.94. The van der Waals surface area contributed by atoms with Crippen LogP contribution in [0.5, 0.6) is 0 Å². The third-order valence-electron chi connectivity index (χ3n) is 3.88. The van der Waals surface area contributed by atoms with Gasteiger partial charge in [-0.05, 0) is 70.2 Å². The molecule has 1 aromatic heterocycles. The monoisotopic (exact) mass is 341 g/mol. The molecule has 3 aromatic carbocycles. The number of rotatable bonds is 2. The Morgan fingerprint density at radius 1 is 0.708 bits per heavy atom. The molecule has 0 saturated carbocycles. The van der Waals surface area contributed by atoms with Gasteiger partial charge in [0.15, 0.2) is 11.6 Å². The van der Waals surface area contributed by atoms with E-state index in [0.29, 0.717) is 16.7 Å². The van der Waals surface area contributed by atoms with Gasteiger partial charge in [-0.3, -0.25) is 0 Å². The fourth-order valence-corrected chi connectivity index (χ4v) is 3.32. The summed E-state index contributed by atoms with van der Waals surface area (Å²) in [6.45, 7) is 0. The van der Waals surface area contributed by atoms with Gasteiger partial charge in [0.2, 0.25) is 0 Å². The van der Waals surface area contributed by atoms with Crippen molar-refractivity contribution >= 4 is 21.6 Å². The van der Waals surface area contributed by atoms with Gasteiger partial charge in [-0.15, -0.1) is 0 Å². The second-order valence-electron chi connectivity index (χ2n) is 5.40. The van der Waals surface area contributed by atoms with E-state index >= 15 is 0 Å². The summed E-state index contributed by atoms with van der Waals surface area (Å²) in [5.74, 6) is -2.23. The van der Waals surface area contributed by atoms with Gasteiger partial charge in [0.05, 0.1) is 4.70 Å². The number of halogens is 3. The van der Waals surface area contributed by atoms with Crippen molar-refractivity contribution in [3.63, 3.8) is 0 Å². The molecule has 0 aliphatic carbocycles. The molecule has 24 heavy (non-hydrogen) atoms. The fraction of sp³-hybridized carbons (Fsp3) is 0. The Kier molecular flexibility index (Phi) is 3.58. The van der Waals surface area contributed by atoms with E-state index < -0.39 is 11.6 Å². The smallest absolute Gasteiger partial charge is 0.159 e. The number of nitrogens with zero attached hydrogens (tertiary/aromatic N) is 1. The molecule has 4 aromatic rings. The van der Waals surface area contributed by atoms with Crippen molar-refractivity contribution in [3.8, 4) is 22.3 Å². The molecule has 0 atom stereocenters. The fourth-order valence-electron chi connectivity index (χ4n) is 2.69. The summed E-state index contributed by atoms with van der Waals surface area (Å²) < 4.78 is 45.9. The van der Waals surface area contributed by atoms with Crippen molar-refractivity contribution < 1.29 is 13.2 Å². The molecular weight excluding hydrogens is 331 g/mol. The van der Waals surface area contributed by atoms with E-state index in [9.17, 15) is 13.2 Å². The van der Waals surface area contributed by atoms with Gasteiger partial charge < -0.3 is 0 Å². The lowest BCUT2D eigenvalue weighted by Crippen LogP contribution is -1.92. The molecular formula is C19H10F3NS. The molecule has 0 spiro atoms. The van der Waals surface area contributed by atoms with Crippen LogP contribution in [0.15, 0.2) is 60.8 Å². The molecule has 0 N–H and O–H groups in total. The number of aromatic nitrogens is 1. The minimum absolute atomic E-state index is 0.381. The first-order valence-electron chi connectivity index (χ1n) is 7.21. The van der Waals surface area contributed by atoms with Crippen molar-refractivity contribution in [1.29, 1.82) is 0 Å².